The lowest BCUT2D eigenvalue weighted by atomic mass is 10.1. The highest BCUT2D eigenvalue weighted by Crippen LogP contribution is 2.21. The minimum atomic E-state index is 0.171. The quantitative estimate of drug-likeness (QED) is 0.707. The van der Waals surface area contributed by atoms with Crippen LogP contribution in [0.4, 0.5) is 0 Å². The van der Waals surface area contributed by atoms with E-state index in [1.54, 1.807) is 0 Å². The van der Waals surface area contributed by atoms with Gasteiger partial charge >= 0.3 is 0 Å². The predicted molar refractivity (Wildman–Crippen MR) is 88.6 cm³/mol. The van der Waals surface area contributed by atoms with Crippen LogP contribution in [0.3, 0.4) is 0 Å². The van der Waals surface area contributed by atoms with Crippen LogP contribution in [-0.2, 0) is 4.74 Å². The number of likely N-dealkylation sites (tertiary alicyclic amines) is 1. The van der Waals surface area contributed by atoms with E-state index in [4.69, 9.17) is 4.74 Å². The fraction of sp³-hybridized carbons (Fsp3) is 0.667. The van der Waals surface area contributed by atoms with Gasteiger partial charge in [-0.25, -0.2) is 0 Å². The van der Waals surface area contributed by atoms with Crippen molar-refractivity contribution >= 4 is 0 Å². The van der Waals surface area contributed by atoms with Gasteiger partial charge in [0.2, 0.25) is 0 Å². The summed E-state index contributed by atoms with van der Waals surface area (Å²) in [6, 6.07) is 11.3. The van der Waals surface area contributed by atoms with E-state index < -0.39 is 0 Å². The molecule has 118 valence electrons. The third kappa shape index (κ3) is 5.42. The van der Waals surface area contributed by atoms with E-state index in [0.717, 1.165) is 32.5 Å². The molecule has 3 nitrogen and oxygen atoms in total. The second-order valence-electron chi connectivity index (χ2n) is 6.04. The number of ether oxygens (including phenoxy) is 1. The lowest BCUT2D eigenvalue weighted by Crippen LogP contribution is -2.28. The Morgan fingerprint density at radius 2 is 2.14 bits per heavy atom. The van der Waals surface area contributed by atoms with Crippen molar-refractivity contribution in [1.29, 1.82) is 0 Å². The Labute approximate surface area is 129 Å². The highest BCUT2D eigenvalue weighted by Gasteiger charge is 2.21. The molecule has 0 aromatic heterocycles. The topological polar surface area (TPSA) is 24.5 Å². The smallest absolute Gasteiger partial charge is 0.0949 e. The summed E-state index contributed by atoms with van der Waals surface area (Å²) >= 11 is 0. The summed E-state index contributed by atoms with van der Waals surface area (Å²) < 4.78 is 6.20. The lowest BCUT2D eigenvalue weighted by molar-refractivity contribution is 0.0415. The molecule has 0 saturated carbocycles. The van der Waals surface area contributed by atoms with Gasteiger partial charge in [0.15, 0.2) is 0 Å². The van der Waals surface area contributed by atoms with Gasteiger partial charge < -0.3 is 15.0 Å². The average molecular weight is 290 g/mol. The average Bonchev–Trinajstić information content (AvgIpc) is 2.92. The summed E-state index contributed by atoms with van der Waals surface area (Å²) in [7, 11) is 2.23. The summed E-state index contributed by atoms with van der Waals surface area (Å²) in [6.45, 7) is 6.24. The molecule has 1 fully saturated rings. The number of benzene rings is 1. The molecule has 0 bridgehead atoms. The number of rotatable bonds is 9. The molecule has 1 heterocycles. The first-order valence-corrected chi connectivity index (χ1v) is 8.38. The third-order valence-corrected chi connectivity index (χ3v) is 4.37. The van der Waals surface area contributed by atoms with E-state index in [1.807, 2.05) is 0 Å². The Hall–Kier alpha value is -0.900. The van der Waals surface area contributed by atoms with Crippen molar-refractivity contribution in [3.8, 4) is 0 Å². The van der Waals surface area contributed by atoms with E-state index in [-0.39, 0.29) is 6.10 Å². The minimum Gasteiger partial charge on any atom is -0.372 e. The van der Waals surface area contributed by atoms with Crippen LogP contribution >= 0.6 is 0 Å². The minimum absolute atomic E-state index is 0.171. The molecule has 1 aromatic carbocycles. The highest BCUT2D eigenvalue weighted by atomic mass is 16.5. The number of nitrogens with one attached hydrogen (secondary N) is 1. The van der Waals surface area contributed by atoms with Crippen molar-refractivity contribution in [2.75, 3.05) is 33.3 Å². The molecule has 3 heteroatoms. The fourth-order valence-corrected chi connectivity index (χ4v) is 3.04. The molecule has 1 saturated heterocycles. The molecule has 2 atom stereocenters. The van der Waals surface area contributed by atoms with Gasteiger partial charge in [0.25, 0.3) is 0 Å². The number of hydrogen-bond donors (Lipinski definition) is 1. The van der Waals surface area contributed by atoms with Crippen LogP contribution in [0.1, 0.15) is 44.3 Å². The summed E-state index contributed by atoms with van der Waals surface area (Å²) in [6.07, 6.45) is 5.14. The van der Waals surface area contributed by atoms with E-state index in [2.05, 4.69) is 54.5 Å². The first-order valence-electron chi connectivity index (χ1n) is 8.38. The monoisotopic (exact) mass is 290 g/mol. The Morgan fingerprint density at radius 1 is 1.33 bits per heavy atom. The maximum Gasteiger partial charge on any atom is 0.0949 e. The third-order valence-electron chi connectivity index (χ3n) is 4.37. The molecular formula is C18H30N2O. The molecule has 2 unspecified atom stereocenters. The zero-order valence-electron chi connectivity index (χ0n) is 13.6. The number of hydrogen-bond acceptors (Lipinski definition) is 3. The summed E-state index contributed by atoms with van der Waals surface area (Å²) in [5.74, 6) is 0. The van der Waals surface area contributed by atoms with Crippen LogP contribution in [0.15, 0.2) is 30.3 Å². The van der Waals surface area contributed by atoms with Crippen LogP contribution in [0.2, 0.25) is 0 Å². The van der Waals surface area contributed by atoms with Crippen LogP contribution in [-0.4, -0.2) is 44.2 Å². The first-order chi connectivity index (χ1) is 10.3. The van der Waals surface area contributed by atoms with Crippen molar-refractivity contribution in [3.05, 3.63) is 35.9 Å². The summed E-state index contributed by atoms with van der Waals surface area (Å²) in [4.78, 5) is 2.47. The molecule has 21 heavy (non-hydrogen) atoms. The number of nitrogens with zero attached hydrogens (tertiary/aromatic N) is 1. The Kier molecular flexibility index (Phi) is 7.20. The van der Waals surface area contributed by atoms with Crippen molar-refractivity contribution in [2.24, 2.45) is 0 Å². The second kappa shape index (κ2) is 9.19. The summed E-state index contributed by atoms with van der Waals surface area (Å²) in [5.41, 5.74) is 1.28. The fourth-order valence-electron chi connectivity index (χ4n) is 3.04. The zero-order chi connectivity index (χ0) is 14.9. The van der Waals surface area contributed by atoms with Gasteiger partial charge in [-0.1, -0.05) is 37.3 Å². The zero-order valence-corrected chi connectivity index (χ0v) is 13.6. The normalized spacial score (nSPS) is 20.8. The van der Waals surface area contributed by atoms with Crippen LogP contribution in [0.5, 0.6) is 0 Å². The molecule has 2 rings (SSSR count). The highest BCUT2D eigenvalue weighted by molar-refractivity contribution is 5.17. The van der Waals surface area contributed by atoms with E-state index in [9.17, 15) is 0 Å². The second-order valence-corrected chi connectivity index (χ2v) is 6.04. The van der Waals surface area contributed by atoms with Crippen LogP contribution < -0.4 is 5.32 Å². The van der Waals surface area contributed by atoms with Gasteiger partial charge in [-0.15, -0.1) is 0 Å². The Balaban J connectivity index is 1.80. The van der Waals surface area contributed by atoms with Crippen molar-refractivity contribution < 1.29 is 4.74 Å². The predicted octanol–water partition coefficient (Wildman–Crippen LogP) is 3.23. The molecule has 0 amide bonds. The Morgan fingerprint density at radius 3 is 2.81 bits per heavy atom. The van der Waals surface area contributed by atoms with E-state index >= 15 is 0 Å². The molecule has 1 aliphatic heterocycles. The maximum absolute atomic E-state index is 6.20. The standard InChI is InChI=1S/C18H30N2O/c1-3-12-19-15-18(16-8-5-4-6-9-16)21-14-11-17-10-7-13-20(17)2/h4-6,8-9,17-19H,3,7,10-15H2,1-2H3. The van der Waals surface area contributed by atoms with Gasteiger partial charge in [-0.3, -0.25) is 0 Å². The van der Waals surface area contributed by atoms with Gasteiger partial charge in [-0.05, 0) is 51.4 Å². The van der Waals surface area contributed by atoms with Crippen molar-refractivity contribution in [1.82, 2.24) is 10.2 Å². The van der Waals surface area contributed by atoms with Crippen molar-refractivity contribution in [2.45, 2.75) is 44.8 Å². The molecule has 0 radical (unpaired) electrons. The van der Waals surface area contributed by atoms with Gasteiger partial charge in [0, 0.05) is 19.2 Å². The molecule has 1 aliphatic rings. The van der Waals surface area contributed by atoms with Gasteiger partial charge in [0.1, 0.15) is 0 Å². The Bertz CT molecular complexity index is 382. The molecule has 1 N–H and O–H groups in total. The van der Waals surface area contributed by atoms with Crippen molar-refractivity contribution in [3.63, 3.8) is 0 Å². The SMILES string of the molecule is CCCNCC(OCCC1CCCN1C)c1ccccc1. The van der Waals surface area contributed by atoms with E-state index in [0.29, 0.717) is 6.04 Å². The van der Waals surface area contributed by atoms with Gasteiger partial charge in [0.05, 0.1) is 6.10 Å². The van der Waals surface area contributed by atoms with Crippen LogP contribution in [0.25, 0.3) is 0 Å². The lowest BCUT2D eigenvalue weighted by Gasteiger charge is -2.23. The van der Waals surface area contributed by atoms with Gasteiger partial charge in [-0.2, -0.15) is 0 Å². The van der Waals surface area contributed by atoms with Crippen LogP contribution in [0, 0.1) is 0 Å². The maximum atomic E-state index is 6.20. The first kappa shape index (κ1) is 16.5. The molecule has 0 aliphatic carbocycles. The van der Waals surface area contributed by atoms with E-state index in [1.165, 1.54) is 24.9 Å². The molecule has 0 spiro atoms. The molecular weight excluding hydrogens is 260 g/mol. The summed E-state index contributed by atoms with van der Waals surface area (Å²) in [5, 5.41) is 3.49. The largest absolute Gasteiger partial charge is 0.372 e. The molecule has 1 aromatic rings.